The van der Waals surface area contributed by atoms with Gasteiger partial charge in [0.2, 0.25) is 0 Å². The molecule has 3 rings (SSSR count). The molecule has 2 amide bonds. The van der Waals surface area contributed by atoms with Gasteiger partial charge in [-0.05, 0) is 68.6 Å². The maximum Gasteiger partial charge on any atom is 0.319 e. The van der Waals surface area contributed by atoms with Crippen LogP contribution in [0.25, 0.3) is 0 Å². The Labute approximate surface area is 183 Å². The highest BCUT2D eigenvalue weighted by atomic mass is 16.2. The summed E-state index contributed by atoms with van der Waals surface area (Å²) in [7, 11) is 0. The predicted molar refractivity (Wildman–Crippen MR) is 122 cm³/mol. The molecule has 8 nitrogen and oxygen atoms in total. The number of piperidine rings is 1. The van der Waals surface area contributed by atoms with Crippen LogP contribution in [0.2, 0.25) is 0 Å². The summed E-state index contributed by atoms with van der Waals surface area (Å²) in [5, 5.41) is 12.5. The molecule has 1 aliphatic heterocycles. The fraction of sp³-hybridized carbons (Fsp3) is 0.391. The summed E-state index contributed by atoms with van der Waals surface area (Å²) in [5.41, 5.74) is 11.2. The minimum atomic E-state index is -0.176. The highest BCUT2D eigenvalue weighted by Gasteiger charge is 2.21. The van der Waals surface area contributed by atoms with Crippen LogP contribution in [-0.2, 0) is 6.54 Å². The molecule has 4 N–H and O–H groups in total. The van der Waals surface area contributed by atoms with Crippen molar-refractivity contribution in [3.05, 3.63) is 71.8 Å². The molecule has 0 saturated carbocycles. The van der Waals surface area contributed by atoms with E-state index in [1.807, 2.05) is 43.5 Å². The van der Waals surface area contributed by atoms with Crippen molar-refractivity contribution in [1.82, 2.24) is 20.5 Å². The van der Waals surface area contributed by atoms with Gasteiger partial charge in [0.1, 0.15) is 0 Å². The van der Waals surface area contributed by atoms with Gasteiger partial charge >= 0.3 is 6.03 Å². The van der Waals surface area contributed by atoms with Crippen LogP contribution in [0.3, 0.4) is 0 Å². The van der Waals surface area contributed by atoms with Crippen molar-refractivity contribution in [1.29, 1.82) is 5.53 Å². The Bertz CT molecular complexity index is 877. The van der Waals surface area contributed by atoms with Crippen LogP contribution in [0.5, 0.6) is 0 Å². The molecule has 1 saturated heterocycles. The molecule has 0 unspecified atom stereocenters. The summed E-state index contributed by atoms with van der Waals surface area (Å²) >= 11 is 0. The van der Waals surface area contributed by atoms with Gasteiger partial charge in [0.15, 0.2) is 0 Å². The number of hydrogen-bond acceptors (Lipinski definition) is 6. The summed E-state index contributed by atoms with van der Waals surface area (Å²) in [6.07, 6.45) is 5.66. The van der Waals surface area contributed by atoms with Crippen molar-refractivity contribution < 1.29 is 4.79 Å². The average Bonchev–Trinajstić information content (AvgIpc) is 2.80. The third-order valence-corrected chi connectivity index (χ3v) is 5.35. The Kier molecular flexibility index (Phi) is 8.54. The fourth-order valence-corrected chi connectivity index (χ4v) is 3.75. The lowest BCUT2D eigenvalue weighted by atomic mass is 9.89. The van der Waals surface area contributed by atoms with E-state index in [0.29, 0.717) is 31.2 Å². The molecule has 0 atom stereocenters. The molecule has 0 aliphatic carbocycles. The molecule has 0 radical (unpaired) electrons. The van der Waals surface area contributed by atoms with Crippen molar-refractivity contribution in [3.63, 3.8) is 0 Å². The minimum absolute atomic E-state index is 0.176. The lowest BCUT2D eigenvalue weighted by Crippen LogP contribution is -2.34. The van der Waals surface area contributed by atoms with Crippen LogP contribution in [0.1, 0.15) is 36.9 Å². The van der Waals surface area contributed by atoms with Gasteiger partial charge in [-0.15, -0.1) is 0 Å². The molecule has 2 aromatic rings. The van der Waals surface area contributed by atoms with Crippen LogP contribution in [0.15, 0.2) is 65.7 Å². The van der Waals surface area contributed by atoms with Crippen LogP contribution in [0, 0.1) is 5.53 Å². The highest BCUT2D eigenvalue weighted by molar-refractivity contribution is 5.89. The molecule has 164 valence electrons. The van der Waals surface area contributed by atoms with E-state index in [2.05, 4.69) is 43.1 Å². The number of rotatable bonds is 9. The molecule has 31 heavy (non-hydrogen) atoms. The van der Waals surface area contributed by atoms with E-state index in [1.54, 1.807) is 6.20 Å². The fourth-order valence-electron chi connectivity index (χ4n) is 3.75. The van der Waals surface area contributed by atoms with Crippen LogP contribution in [-0.4, -0.2) is 42.1 Å². The van der Waals surface area contributed by atoms with Gasteiger partial charge in [-0.2, -0.15) is 5.11 Å². The van der Waals surface area contributed by atoms with Crippen LogP contribution < -0.4 is 16.0 Å². The first-order valence-electron chi connectivity index (χ1n) is 10.7. The molecule has 2 heterocycles. The van der Waals surface area contributed by atoms with Gasteiger partial charge < -0.3 is 16.0 Å². The molecular weight excluding hydrogens is 390 g/mol. The smallest absolute Gasteiger partial charge is 0.319 e. The first-order chi connectivity index (χ1) is 15.2. The number of urea groups is 1. The normalized spacial score (nSPS) is 15.3. The number of carbonyl (C=O) groups excluding carboxylic acids is 1. The average molecular weight is 422 g/mol. The largest absolute Gasteiger partial charge is 0.384 e. The van der Waals surface area contributed by atoms with E-state index in [-0.39, 0.29) is 6.03 Å². The van der Waals surface area contributed by atoms with Crippen molar-refractivity contribution in [2.75, 3.05) is 31.5 Å². The van der Waals surface area contributed by atoms with Gasteiger partial charge in [0.05, 0.1) is 17.9 Å². The number of benzene rings is 1. The molecule has 1 aromatic carbocycles. The number of pyridine rings is 1. The standard InChI is InChI=1S/C23H31N7O/c1-2-26-23(31)28-20-8-5-6-19(14-20)18-9-12-30(13-10-18)17-22(29-24)16-25-15-21-7-3-4-11-27-21/h3-8,11,14,16,18,24-25H,2,9-10,12-13,15,17H2,1H3,(H2,26,28,31)/b22-16-,29-24?. The summed E-state index contributed by atoms with van der Waals surface area (Å²) in [6, 6.07) is 13.8. The Balaban J connectivity index is 1.48. The molecule has 0 bridgehead atoms. The predicted octanol–water partition coefficient (Wildman–Crippen LogP) is 4.06. The monoisotopic (exact) mass is 421 g/mol. The van der Waals surface area contributed by atoms with E-state index in [4.69, 9.17) is 5.53 Å². The summed E-state index contributed by atoms with van der Waals surface area (Å²) in [6.45, 7) is 5.67. The van der Waals surface area contributed by atoms with Crippen LogP contribution in [0.4, 0.5) is 10.5 Å². The Morgan fingerprint density at radius 2 is 2.10 bits per heavy atom. The van der Waals surface area contributed by atoms with Gasteiger partial charge in [-0.1, -0.05) is 18.2 Å². The van der Waals surface area contributed by atoms with Crippen molar-refractivity contribution >= 4 is 11.7 Å². The minimum Gasteiger partial charge on any atom is -0.384 e. The molecule has 8 heteroatoms. The number of nitrogens with one attached hydrogen (secondary N) is 4. The van der Waals surface area contributed by atoms with Gasteiger partial charge in [-0.25, -0.2) is 10.3 Å². The van der Waals surface area contributed by atoms with E-state index < -0.39 is 0 Å². The topological polar surface area (TPSA) is 106 Å². The Morgan fingerprint density at radius 3 is 2.81 bits per heavy atom. The summed E-state index contributed by atoms with van der Waals surface area (Å²) in [4.78, 5) is 18.4. The second-order valence-electron chi connectivity index (χ2n) is 7.61. The van der Waals surface area contributed by atoms with E-state index in [1.165, 1.54) is 5.56 Å². The summed E-state index contributed by atoms with van der Waals surface area (Å²) < 4.78 is 0. The first kappa shape index (κ1) is 22.4. The second-order valence-corrected chi connectivity index (χ2v) is 7.61. The van der Waals surface area contributed by atoms with Gasteiger partial charge in [-0.3, -0.25) is 9.88 Å². The maximum absolute atomic E-state index is 11.8. The highest BCUT2D eigenvalue weighted by Crippen LogP contribution is 2.29. The molecule has 0 spiro atoms. The third kappa shape index (κ3) is 7.18. The van der Waals surface area contributed by atoms with E-state index in [0.717, 1.165) is 37.3 Å². The molecule has 1 fully saturated rings. The van der Waals surface area contributed by atoms with Gasteiger partial charge in [0.25, 0.3) is 0 Å². The van der Waals surface area contributed by atoms with E-state index in [9.17, 15) is 4.79 Å². The SMILES string of the molecule is CCNC(=O)Nc1cccc(C2CCN(C/C(=C/NCc3ccccn3)N=N)CC2)c1. The number of carbonyl (C=O) groups is 1. The van der Waals surface area contributed by atoms with Crippen molar-refractivity contribution in [2.45, 2.75) is 32.2 Å². The quantitative estimate of drug-likeness (QED) is 0.458. The zero-order valence-electron chi connectivity index (χ0n) is 18.0. The van der Waals surface area contributed by atoms with Crippen molar-refractivity contribution in [2.24, 2.45) is 5.11 Å². The Hall–Kier alpha value is -3.26. The molecular formula is C23H31N7O. The Morgan fingerprint density at radius 1 is 1.26 bits per heavy atom. The third-order valence-electron chi connectivity index (χ3n) is 5.35. The van der Waals surface area contributed by atoms with Crippen LogP contribution >= 0.6 is 0 Å². The van der Waals surface area contributed by atoms with Crippen molar-refractivity contribution in [3.8, 4) is 0 Å². The maximum atomic E-state index is 11.8. The number of amides is 2. The lowest BCUT2D eigenvalue weighted by Gasteiger charge is -2.32. The first-order valence-corrected chi connectivity index (χ1v) is 10.7. The summed E-state index contributed by atoms with van der Waals surface area (Å²) in [5.74, 6) is 0.467. The second kappa shape index (κ2) is 11.8. The number of nitrogens with zero attached hydrogens (tertiary/aromatic N) is 3. The van der Waals surface area contributed by atoms with Gasteiger partial charge in [0, 0.05) is 31.2 Å². The molecule has 1 aliphatic rings. The number of aromatic nitrogens is 1. The molecule has 1 aromatic heterocycles. The zero-order chi connectivity index (χ0) is 21.9. The number of hydrogen-bond donors (Lipinski definition) is 4. The number of likely N-dealkylation sites (tertiary alicyclic amines) is 1. The van der Waals surface area contributed by atoms with E-state index >= 15 is 0 Å². The lowest BCUT2D eigenvalue weighted by molar-refractivity contribution is 0.227. The zero-order valence-corrected chi connectivity index (χ0v) is 18.0. The number of anilines is 1.